The van der Waals surface area contributed by atoms with E-state index in [0.717, 1.165) is 12.3 Å². The molecule has 3 aromatic rings. The van der Waals surface area contributed by atoms with Crippen molar-refractivity contribution in [3.63, 3.8) is 0 Å². The van der Waals surface area contributed by atoms with Gasteiger partial charge in [-0.3, -0.25) is 9.59 Å². The molecule has 4 rings (SSSR count). The molecular formula is C25H22F4N4O2. The number of nitrogens with one attached hydrogen (secondary N) is 1. The molecule has 2 amide bonds. The van der Waals surface area contributed by atoms with Crippen LogP contribution in [0.2, 0.25) is 0 Å². The van der Waals surface area contributed by atoms with Gasteiger partial charge in [-0.05, 0) is 61.0 Å². The lowest BCUT2D eigenvalue weighted by Gasteiger charge is -2.23. The zero-order valence-electron chi connectivity index (χ0n) is 18.6. The summed E-state index contributed by atoms with van der Waals surface area (Å²) in [4.78, 5) is 33.0. The van der Waals surface area contributed by atoms with Crippen molar-refractivity contribution in [1.82, 2.24) is 9.88 Å². The van der Waals surface area contributed by atoms with Crippen LogP contribution in [0.3, 0.4) is 0 Å². The summed E-state index contributed by atoms with van der Waals surface area (Å²) >= 11 is 0. The Kier molecular flexibility index (Phi) is 6.99. The van der Waals surface area contributed by atoms with E-state index in [0.29, 0.717) is 49.7 Å². The predicted molar refractivity (Wildman–Crippen MR) is 123 cm³/mol. The number of amides is 2. The molecule has 1 saturated heterocycles. The molecule has 1 aliphatic heterocycles. The van der Waals surface area contributed by atoms with Crippen LogP contribution in [0.5, 0.6) is 0 Å². The quantitative estimate of drug-likeness (QED) is 0.536. The van der Waals surface area contributed by atoms with Gasteiger partial charge in [-0.2, -0.15) is 13.2 Å². The maximum Gasteiger partial charge on any atom is 0.417 e. The van der Waals surface area contributed by atoms with Crippen molar-refractivity contribution < 1.29 is 27.2 Å². The number of rotatable bonds is 4. The summed E-state index contributed by atoms with van der Waals surface area (Å²) in [6, 6.07) is 14.0. The minimum Gasteiger partial charge on any atom is -0.355 e. The minimum atomic E-state index is -4.44. The Morgan fingerprint density at radius 2 is 1.66 bits per heavy atom. The van der Waals surface area contributed by atoms with Gasteiger partial charge in [0.15, 0.2) is 0 Å². The van der Waals surface area contributed by atoms with Crippen molar-refractivity contribution in [2.75, 3.05) is 36.4 Å². The van der Waals surface area contributed by atoms with Crippen LogP contribution in [0.1, 0.15) is 32.7 Å². The highest BCUT2D eigenvalue weighted by molar-refractivity contribution is 6.05. The van der Waals surface area contributed by atoms with Crippen LogP contribution in [0, 0.1) is 5.82 Å². The molecule has 0 aliphatic carbocycles. The van der Waals surface area contributed by atoms with Crippen molar-refractivity contribution in [1.29, 1.82) is 0 Å². The SMILES string of the molecule is O=C(Nc1cccc(C(=O)N2CCCN(c3ccc(C(F)(F)F)cn3)CC2)c1)c1ccc(F)cc1. The molecule has 182 valence electrons. The van der Waals surface area contributed by atoms with Crippen LogP contribution in [0.25, 0.3) is 0 Å². The number of nitrogens with zero attached hydrogens (tertiary/aromatic N) is 3. The monoisotopic (exact) mass is 486 g/mol. The fourth-order valence-electron chi connectivity index (χ4n) is 3.81. The molecule has 0 bridgehead atoms. The summed E-state index contributed by atoms with van der Waals surface area (Å²) in [6.07, 6.45) is -3.01. The number of alkyl halides is 3. The first-order valence-electron chi connectivity index (χ1n) is 11.0. The standard InChI is InChI=1S/C25H22F4N4O2/c26-20-8-5-17(6-9-20)23(34)31-21-4-1-3-18(15-21)24(35)33-12-2-11-32(13-14-33)22-10-7-19(16-30-22)25(27,28)29/h1,3-10,15-16H,2,11-14H2,(H,31,34). The van der Waals surface area contributed by atoms with Gasteiger partial charge in [-0.1, -0.05) is 6.07 Å². The van der Waals surface area contributed by atoms with E-state index in [1.165, 1.54) is 30.3 Å². The third kappa shape index (κ3) is 5.95. The molecule has 2 heterocycles. The molecule has 10 heteroatoms. The van der Waals surface area contributed by atoms with E-state index in [2.05, 4.69) is 10.3 Å². The van der Waals surface area contributed by atoms with Gasteiger partial charge < -0.3 is 15.1 Å². The lowest BCUT2D eigenvalue weighted by atomic mass is 10.1. The third-order valence-electron chi connectivity index (χ3n) is 5.66. The molecule has 1 fully saturated rings. The van der Waals surface area contributed by atoms with Gasteiger partial charge in [-0.15, -0.1) is 0 Å². The van der Waals surface area contributed by atoms with Gasteiger partial charge in [0.1, 0.15) is 11.6 Å². The average molecular weight is 486 g/mol. The maximum atomic E-state index is 13.1. The molecule has 35 heavy (non-hydrogen) atoms. The zero-order chi connectivity index (χ0) is 25.0. The van der Waals surface area contributed by atoms with E-state index in [9.17, 15) is 27.2 Å². The first-order valence-corrected chi connectivity index (χ1v) is 11.0. The number of anilines is 2. The van der Waals surface area contributed by atoms with Crippen molar-refractivity contribution >= 4 is 23.3 Å². The molecule has 6 nitrogen and oxygen atoms in total. The number of hydrogen-bond acceptors (Lipinski definition) is 4. The van der Waals surface area contributed by atoms with Crippen molar-refractivity contribution in [2.45, 2.75) is 12.6 Å². The maximum absolute atomic E-state index is 13.1. The van der Waals surface area contributed by atoms with Crippen LogP contribution >= 0.6 is 0 Å². The highest BCUT2D eigenvalue weighted by atomic mass is 19.4. The van der Waals surface area contributed by atoms with Crippen LogP contribution < -0.4 is 10.2 Å². The summed E-state index contributed by atoms with van der Waals surface area (Å²) in [6.45, 7) is 1.82. The van der Waals surface area contributed by atoms with Crippen LogP contribution in [0.4, 0.5) is 29.1 Å². The molecule has 0 saturated carbocycles. The van der Waals surface area contributed by atoms with Gasteiger partial charge in [0, 0.05) is 49.2 Å². The van der Waals surface area contributed by atoms with Gasteiger partial charge >= 0.3 is 6.18 Å². The summed E-state index contributed by atoms with van der Waals surface area (Å²) in [7, 11) is 0. The second-order valence-electron chi connectivity index (χ2n) is 8.08. The summed E-state index contributed by atoms with van der Waals surface area (Å²) in [5.41, 5.74) is 0.297. The minimum absolute atomic E-state index is 0.217. The number of hydrogen-bond donors (Lipinski definition) is 1. The Labute approximate surface area is 199 Å². The molecule has 1 aromatic heterocycles. The smallest absolute Gasteiger partial charge is 0.355 e. The summed E-state index contributed by atoms with van der Waals surface area (Å²) in [5, 5.41) is 2.70. The topological polar surface area (TPSA) is 65.5 Å². The van der Waals surface area contributed by atoms with E-state index in [1.54, 1.807) is 29.2 Å². The van der Waals surface area contributed by atoms with Crippen LogP contribution in [-0.2, 0) is 6.18 Å². The number of carbonyl (C=O) groups is 2. The van der Waals surface area contributed by atoms with Gasteiger partial charge in [-0.25, -0.2) is 9.37 Å². The number of carbonyl (C=O) groups excluding carboxylic acids is 2. The lowest BCUT2D eigenvalue weighted by molar-refractivity contribution is -0.137. The number of halogens is 4. The second kappa shape index (κ2) is 10.1. The van der Waals surface area contributed by atoms with Crippen LogP contribution in [0.15, 0.2) is 66.9 Å². The molecule has 0 radical (unpaired) electrons. The van der Waals surface area contributed by atoms with Gasteiger partial charge in [0.2, 0.25) is 0 Å². The van der Waals surface area contributed by atoms with Gasteiger partial charge in [0.25, 0.3) is 11.8 Å². The van der Waals surface area contributed by atoms with E-state index >= 15 is 0 Å². The molecular weight excluding hydrogens is 464 g/mol. The largest absolute Gasteiger partial charge is 0.417 e. The average Bonchev–Trinajstić information content (AvgIpc) is 3.10. The van der Waals surface area contributed by atoms with E-state index < -0.39 is 23.5 Å². The first-order chi connectivity index (χ1) is 16.7. The molecule has 1 N–H and O–H groups in total. The van der Waals surface area contributed by atoms with Crippen molar-refractivity contribution in [2.24, 2.45) is 0 Å². The Morgan fingerprint density at radius 1 is 0.886 bits per heavy atom. The number of pyridine rings is 1. The fraction of sp³-hybridized carbons (Fsp3) is 0.240. The zero-order valence-corrected chi connectivity index (χ0v) is 18.6. The van der Waals surface area contributed by atoms with Crippen molar-refractivity contribution in [3.05, 3.63) is 89.4 Å². The molecule has 0 spiro atoms. The van der Waals surface area contributed by atoms with E-state index in [1.807, 2.05) is 4.90 Å². The van der Waals surface area contributed by atoms with Crippen LogP contribution in [-0.4, -0.2) is 47.9 Å². The third-order valence-corrected chi connectivity index (χ3v) is 5.66. The van der Waals surface area contributed by atoms with E-state index in [-0.39, 0.29) is 11.5 Å². The van der Waals surface area contributed by atoms with Gasteiger partial charge in [0.05, 0.1) is 5.56 Å². The normalized spacial score (nSPS) is 14.4. The molecule has 0 unspecified atom stereocenters. The lowest BCUT2D eigenvalue weighted by Crippen LogP contribution is -2.35. The Balaban J connectivity index is 1.40. The fourth-order valence-corrected chi connectivity index (χ4v) is 3.81. The molecule has 2 aromatic carbocycles. The second-order valence-corrected chi connectivity index (χ2v) is 8.08. The summed E-state index contributed by atoms with van der Waals surface area (Å²) in [5.74, 6) is -0.661. The highest BCUT2D eigenvalue weighted by Crippen LogP contribution is 2.29. The number of aromatic nitrogens is 1. The highest BCUT2D eigenvalue weighted by Gasteiger charge is 2.31. The predicted octanol–water partition coefficient (Wildman–Crippen LogP) is 4.84. The Bertz CT molecular complexity index is 1200. The van der Waals surface area contributed by atoms with Crippen molar-refractivity contribution in [3.8, 4) is 0 Å². The molecule has 1 aliphatic rings. The van der Waals surface area contributed by atoms with E-state index in [4.69, 9.17) is 0 Å². The first kappa shape index (κ1) is 24.2. The number of benzene rings is 2. The summed E-state index contributed by atoms with van der Waals surface area (Å²) < 4.78 is 51.5. The Hall–Kier alpha value is -3.95. The Morgan fingerprint density at radius 3 is 2.34 bits per heavy atom. The molecule has 0 atom stereocenters.